The van der Waals surface area contributed by atoms with Crippen LogP contribution in [0.25, 0.3) is 22.3 Å². The molecule has 0 aliphatic heterocycles. The van der Waals surface area contributed by atoms with Gasteiger partial charge in [0.25, 0.3) is 0 Å². The molecule has 2 aromatic carbocycles. The number of aromatic nitrogens is 2. The Morgan fingerprint density at radius 2 is 1.92 bits per heavy atom. The molecule has 24 heavy (non-hydrogen) atoms. The van der Waals surface area contributed by atoms with Gasteiger partial charge < -0.3 is 10.4 Å². The lowest BCUT2D eigenvalue weighted by Gasteiger charge is -2.12. The number of fused-ring (bicyclic) bond motifs is 1. The van der Waals surface area contributed by atoms with Crippen LogP contribution in [0.5, 0.6) is 5.75 Å². The fraction of sp³-hybridized carbons (Fsp3) is 0.263. The van der Waals surface area contributed by atoms with Crippen LogP contribution in [0.15, 0.2) is 42.5 Å². The van der Waals surface area contributed by atoms with Crippen molar-refractivity contribution in [2.45, 2.75) is 20.3 Å². The molecule has 0 spiro atoms. The van der Waals surface area contributed by atoms with Gasteiger partial charge in [-0.2, -0.15) is 0 Å². The number of rotatable bonds is 5. The van der Waals surface area contributed by atoms with Crippen molar-refractivity contribution in [1.29, 1.82) is 0 Å². The minimum atomic E-state index is -0.326. The maximum absolute atomic E-state index is 13.6. The van der Waals surface area contributed by atoms with Crippen LogP contribution in [0.3, 0.4) is 0 Å². The third kappa shape index (κ3) is 3.45. The van der Waals surface area contributed by atoms with Crippen molar-refractivity contribution in [3.8, 4) is 17.1 Å². The molecular formula is C19H20FN3O. The second kappa shape index (κ2) is 6.83. The zero-order valence-electron chi connectivity index (χ0n) is 13.8. The molecule has 1 aromatic heterocycles. The van der Waals surface area contributed by atoms with Gasteiger partial charge in [-0.3, -0.25) is 0 Å². The predicted octanol–water partition coefficient (Wildman–Crippen LogP) is 4.60. The summed E-state index contributed by atoms with van der Waals surface area (Å²) in [5, 5.41) is 14.0. The normalized spacial score (nSPS) is 11.2. The molecule has 0 aliphatic carbocycles. The van der Waals surface area contributed by atoms with Crippen molar-refractivity contribution in [2.24, 2.45) is 5.92 Å². The van der Waals surface area contributed by atoms with E-state index in [1.807, 2.05) is 6.07 Å². The van der Waals surface area contributed by atoms with Gasteiger partial charge in [0.15, 0.2) is 5.82 Å². The van der Waals surface area contributed by atoms with Crippen LogP contribution in [0.1, 0.15) is 20.3 Å². The summed E-state index contributed by atoms with van der Waals surface area (Å²) >= 11 is 0. The summed E-state index contributed by atoms with van der Waals surface area (Å²) < 4.78 is 13.6. The average Bonchev–Trinajstić information content (AvgIpc) is 2.55. The number of phenolic OH excluding ortho intramolecular Hbond substituents is 1. The highest BCUT2D eigenvalue weighted by molar-refractivity contribution is 5.91. The fourth-order valence-corrected chi connectivity index (χ4v) is 2.50. The predicted molar refractivity (Wildman–Crippen MR) is 94.5 cm³/mol. The van der Waals surface area contributed by atoms with Gasteiger partial charge in [-0.05, 0) is 42.7 Å². The smallest absolute Gasteiger partial charge is 0.165 e. The highest BCUT2D eigenvalue weighted by Crippen LogP contribution is 2.30. The molecule has 4 nitrogen and oxygen atoms in total. The van der Waals surface area contributed by atoms with E-state index < -0.39 is 0 Å². The molecule has 0 saturated carbocycles. The largest absolute Gasteiger partial charge is 0.507 e. The van der Waals surface area contributed by atoms with E-state index in [0.29, 0.717) is 34.0 Å². The highest BCUT2D eigenvalue weighted by atomic mass is 19.1. The number of nitrogens with zero attached hydrogens (tertiary/aromatic N) is 2. The van der Waals surface area contributed by atoms with Crippen LogP contribution < -0.4 is 5.32 Å². The van der Waals surface area contributed by atoms with Gasteiger partial charge in [0.05, 0.1) is 11.1 Å². The quantitative estimate of drug-likeness (QED) is 0.720. The molecule has 5 heteroatoms. The number of benzene rings is 2. The summed E-state index contributed by atoms with van der Waals surface area (Å²) in [5.41, 5.74) is 1.19. The first kappa shape index (κ1) is 16.2. The number of hydrogen-bond donors (Lipinski definition) is 2. The zero-order chi connectivity index (χ0) is 17.1. The van der Waals surface area contributed by atoms with Gasteiger partial charge in [-0.1, -0.05) is 26.0 Å². The third-order valence-corrected chi connectivity index (χ3v) is 3.82. The Kier molecular flexibility index (Phi) is 4.60. The fourth-order valence-electron chi connectivity index (χ4n) is 2.50. The minimum absolute atomic E-state index is 0.118. The first-order chi connectivity index (χ1) is 11.5. The summed E-state index contributed by atoms with van der Waals surface area (Å²) in [7, 11) is 0. The monoisotopic (exact) mass is 325 g/mol. The van der Waals surface area contributed by atoms with Crippen molar-refractivity contribution in [2.75, 3.05) is 11.9 Å². The zero-order valence-corrected chi connectivity index (χ0v) is 13.8. The average molecular weight is 325 g/mol. The van der Waals surface area contributed by atoms with Gasteiger partial charge in [-0.25, -0.2) is 14.4 Å². The lowest BCUT2D eigenvalue weighted by molar-refractivity contribution is 0.477. The Balaban J connectivity index is 2.08. The van der Waals surface area contributed by atoms with Gasteiger partial charge in [0.2, 0.25) is 0 Å². The van der Waals surface area contributed by atoms with E-state index in [4.69, 9.17) is 0 Å². The van der Waals surface area contributed by atoms with E-state index in [2.05, 4.69) is 29.1 Å². The number of para-hydroxylation sites is 1. The minimum Gasteiger partial charge on any atom is -0.507 e. The van der Waals surface area contributed by atoms with Gasteiger partial charge >= 0.3 is 0 Å². The van der Waals surface area contributed by atoms with Crippen molar-refractivity contribution in [3.63, 3.8) is 0 Å². The van der Waals surface area contributed by atoms with Crippen LogP contribution in [-0.2, 0) is 0 Å². The molecule has 0 fully saturated rings. The summed E-state index contributed by atoms with van der Waals surface area (Å²) in [4.78, 5) is 8.99. The number of halogens is 1. The van der Waals surface area contributed by atoms with E-state index in [-0.39, 0.29) is 11.6 Å². The summed E-state index contributed by atoms with van der Waals surface area (Å²) in [5.74, 6) is 1.35. The van der Waals surface area contributed by atoms with Crippen molar-refractivity contribution >= 4 is 16.7 Å². The molecule has 0 bridgehead atoms. The van der Waals surface area contributed by atoms with E-state index in [1.165, 1.54) is 12.1 Å². The Bertz CT molecular complexity index is 864. The number of phenols is 1. The van der Waals surface area contributed by atoms with Crippen molar-refractivity contribution in [1.82, 2.24) is 9.97 Å². The van der Waals surface area contributed by atoms with Crippen LogP contribution in [0.4, 0.5) is 10.2 Å². The Morgan fingerprint density at radius 1 is 1.12 bits per heavy atom. The molecule has 0 unspecified atom stereocenters. The molecule has 3 aromatic rings. The lowest BCUT2D eigenvalue weighted by Crippen LogP contribution is -2.08. The molecule has 0 saturated heterocycles. The molecule has 1 heterocycles. The second-order valence-corrected chi connectivity index (χ2v) is 6.18. The van der Waals surface area contributed by atoms with Crippen molar-refractivity contribution < 1.29 is 9.50 Å². The Labute approximate surface area is 140 Å². The van der Waals surface area contributed by atoms with Gasteiger partial charge in [0.1, 0.15) is 17.4 Å². The first-order valence-electron chi connectivity index (χ1n) is 8.04. The van der Waals surface area contributed by atoms with Crippen LogP contribution >= 0.6 is 0 Å². The molecule has 0 radical (unpaired) electrons. The number of anilines is 1. The summed E-state index contributed by atoms with van der Waals surface area (Å²) in [6, 6.07) is 11.4. The maximum Gasteiger partial charge on any atom is 0.165 e. The first-order valence-corrected chi connectivity index (χ1v) is 8.04. The summed E-state index contributed by atoms with van der Waals surface area (Å²) in [6.45, 7) is 5.03. The molecule has 2 N–H and O–H groups in total. The number of aromatic hydroxyl groups is 1. The van der Waals surface area contributed by atoms with Crippen LogP contribution in [0, 0.1) is 11.7 Å². The van der Waals surface area contributed by atoms with E-state index >= 15 is 0 Å². The molecular weight excluding hydrogens is 305 g/mol. The number of hydrogen-bond acceptors (Lipinski definition) is 4. The maximum atomic E-state index is 13.6. The molecule has 0 aliphatic rings. The third-order valence-electron chi connectivity index (χ3n) is 3.82. The Morgan fingerprint density at radius 3 is 2.67 bits per heavy atom. The van der Waals surface area contributed by atoms with E-state index in [9.17, 15) is 9.50 Å². The molecule has 0 amide bonds. The van der Waals surface area contributed by atoms with E-state index in [0.717, 1.165) is 13.0 Å². The van der Waals surface area contributed by atoms with Gasteiger partial charge in [-0.15, -0.1) is 0 Å². The van der Waals surface area contributed by atoms with Crippen LogP contribution in [0.2, 0.25) is 0 Å². The number of nitrogens with one attached hydrogen (secondary N) is 1. The lowest BCUT2D eigenvalue weighted by atomic mass is 10.1. The van der Waals surface area contributed by atoms with Crippen LogP contribution in [-0.4, -0.2) is 21.6 Å². The molecule has 0 atom stereocenters. The molecule has 3 rings (SSSR count). The SMILES string of the molecule is CC(C)CCNc1nc(-c2ccccc2O)nc2ccc(F)cc12. The Hall–Kier alpha value is -2.69. The van der Waals surface area contributed by atoms with Gasteiger partial charge in [0, 0.05) is 11.9 Å². The standard InChI is InChI=1S/C19H20FN3O/c1-12(2)9-10-21-18-15-11-13(20)7-8-16(15)22-19(23-18)14-5-3-4-6-17(14)24/h3-8,11-12,24H,9-10H2,1-2H3,(H,21,22,23). The molecule has 124 valence electrons. The van der Waals surface area contributed by atoms with Crippen molar-refractivity contribution in [3.05, 3.63) is 48.3 Å². The second-order valence-electron chi connectivity index (χ2n) is 6.18. The summed E-state index contributed by atoms with van der Waals surface area (Å²) in [6.07, 6.45) is 0.979. The topological polar surface area (TPSA) is 58.0 Å². The highest BCUT2D eigenvalue weighted by Gasteiger charge is 2.12. The van der Waals surface area contributed by atoms with E-state index in [1.54, 1.807) is 24.3 Å².